The fourth-order valence-electron chi connectivity index (χ4n) is 4.37. The second-order valence-electron chi connectivity index (χ2n) is 7.44. The Morgan fingerprint density at radius 3 is 2.56 bits per heavy atom. The van der Waals surface area contributed by atoms with Crippen LogP contribution in [0.1, 0.15) is 31.7 Å². The van der Waals surface area contributed by atoms with E-state index in [0.717, 1.165) is 23.9 Å². The van der Waals surface area contributed by atoms with Gasteiger partial charge in [-0.1, -0.05) is 12.1 Å². The Kier molecular flexibility index (Phi) is 5.93. The molecule has 8 heteroatoms. The molecule has 1 amide bonds. The molecule has 7 nitrogen and oxygen atoms in total. The van der Waals surface area contributed by atoms with Gasteiger partial charge in [-0.2, -0.15) is 0 Å². The zero-order chi connectivity index (χ0) is 18.1. The fraction of sp³-hybridized carbons (Fsp3) is 0.579. The minimum Gasteiger partial charge on any atom is -0.381 e. The maximum Gasteiger partial charge on any atom is 0.326 e. The van der Waals surface area contributed by atoms with Crippen molar-refractivity contribution in [1.82, 2.24) is 14.5 Å². The number of H-pyrrole nitrogens is 1. The topological polar surface area (TPSA) is 93.4 Å². The van der Waals surface area contributed by atoms with Crippen molar-refractivity contribution in [1.29, 1.82) is 0 Å². The monoisotopic (exact) mass is 394 g/mol. The van der Waals surface area contributed by atoms with E-state index in [1.807, 2.05) is 33.7 Å². The van der Waals surface area contributed by atoms with Crippen LogP contribution in [0, 0.1) is 5.41 Å². The molecule has 0 atom stereocenters. The second kappa shape index (κ2) is 8.04. The number of benzene rings is 1. The molecule has 1 aromatic heterocycles. The van der Waals surface area contributed by atoms with Crippen LogP contribution in [0.15, 0.2) is 29.1 Å². The van der Waals surface area contributed by atoms with Gasteiger partial charge in [0.25, 0.3) is 0 Å². The molecule has 0 bridgehead atoms. The Morgan fingerprint density at radius 2 is 1.89 bits per heavy atom. The molecule has 148 valence electrons. The van der Waals surface area contributed by atoms with Crippen LogP contribution in [0.25, 0.3) is 11.0 Å². The summed E-state index contributed by atoms with van der Waals surface area (Å²) in [5.41, 5.74) is 7.24. The molecule has 4 rings (SSSR count). The minimum atomic E-state index is -0.470. The van der Waals surface area contributed by atoms with E-state index in [1.165, 1.54) is 0 Å². The lowest BCUT2D eigenvalue weighted by Gasteiger charge is -2.41. The fourth-order valence-corrected chi connectivity index (χ4v) is 4.37. The third-order valence-electron chi connectivity index (χ3n) is 6.04. The Hall–Kier alpha value is -1.83. The summed E-state index contributed by atoms with van der Waals surface area (Å²) in [6.45, 7) is 2.90. The molecular weight excluding hydrogens is 368 g/mol. The van der Waals surface area contributed by atoms with Gasteiger partial charge in [0.2, 0.25) is 5.91 Å². The molecule has 2 fully saturated rings. The smallest absolute Gasteiger partial charge is 0.326 e. The van der Waals surface area contributed by atoms with Crippen LogP contribution in [0.2, 0.25) is 0 Å². The number of nitrogens with zero attached hydrogens (tertiary/aromatic N) is 2. The lowest BCUT2D eigenvalue weighted by molar-refractivity contribution is -0.148. The van der Waals surface area contributed by atoms with Crippen molar-refractivity contribution < 1.29 is 9.53 Å². The maximum atomic E-state index is 13.1. The molecular formula is C19H27ClN4O3. The summed E-state index contributed by atoms with van der Waals surface area (Å²) < 4.78 is 7.27. The van der Waals surface area contributed by atoms with E-state index in [4.69, 9.17) is 10.5 Å². The Morgan fingerprint density at radius 1 is 1.22 bits per heavy atom. The molecule has 2 aliphatic rings. The third kappa shape index (κ3) is 3.51. The van der Waals surface area contributed by atoms with Gasteiger partial charge in [0.1, 0.15) is 0 Å². The highest BCUT2D eigenvalue weighted by Gasteiger charge is 2.42. The van der Waals surface area contributed by atoms with Crippen molar-refractivity contribution in [2.45, 2.75) is 31.7 Å². The summed E-state index contributed by atoms with van der Waals surface area (Å²) in [5.74, 6) is 0.160. The number of para-hydroxylation sites is 2. The predicted octanol–water partition coefficient (Wildman–Crippen LogP) is 1.67. The molecule has 0 radical (unpaired) electrons. The molecule has 0 aliphatic carbocycles. The minimum absolute atomic E-state index is 0. The Labute approximate surface area is 164 Å². The van der Waals surface area contributed by atoms with Crippen molar-refractivity contribution in [3.63, 3.8) is 0 Å². The van der Waals surface area contributed by atoms with Gasteiger partial charge < -0.3 is 20.4 Å². The van der Waals surface area contributed by atoms with Crippen LogP contribution in [0.3, 0.4) is 0 Å². The molecule has 3 N–H and O–H groups in total. The highest BCUT2D eigenvalue weighted by atomic mass is 35.5. The van der Waals surface area contributed by atoms with Gasteiger partial charge in [0, 0.05) is 38.9 Å². The number of fused-ring (bicyclic) bond motifs is 1. The van der Waals surface area contributed by atoms with Gasteiger partial charge in [-0.25, -0.2) is 4.79 Å². The Bertz CT molecular complexity index is 848. The normalized spacial score (nSPS) is 20.4. The van der Waals surface area contributed by atoms with Gasteiger partial charge in [-0.05, 0) is 37.8 Å². The first kappa shape index (κ1) is 19.9. The SMILES string of the molecule is Cl.NCC1(C(=O)N2CCC(n3c(=O)[nH]c4ccccc43)CC2)CCOCC1. The summed E-state index contributed by atoms with van der Waals surface area (Å²) in [6, 6.07) is 7.87. The number of carbonyl (C=O) groups excluding carboxylic acids is 1. The van der Waals surface area contributed by atoms with Crippen LogP contribution < -0.4 is 11.4 Å². The molecule has 3 heterocycles. The quantitative estimate of drug-likeness (QED) is 0.828. The Balaban J connectivity index is 0.00000210. The number of amides is 1. The number of likely N-dealkylation sites (tertiary alicyclic amines) is 1. The molecule has 1 aromatic carbocycles. The van der Waals surface area contributed by atoms with E-state index >= 15 is 0 Å². The van der Waals surface area contributed by atoms with E-state index in [2.05, 4.69) is 4.98 Å². The lowest BCUT2D eigenvalue weighted by Crippen LogP contribution is -2.53. The van der Waals surface area contributed by atoms with E-state index in [9.17, 15) is 9.59 Å². The number of aromatic nitrogens is 2. The number of piperidine rings is 1. The number of ether oxygens (including phenoxy) is 1. The molecule has 27 heavy (non-hydrogen) atoms. The number of aromatic amines is 1. The number of carbonyl (C=O) groups is 1. The van der Waals surface area contributed by atoms with Gasteiger partial charge in [0.05, 0.1) is 16.4 Å². The molecule has 0 unspecified atom stereocenters. The van der Waals surface area contributed by atoms with Crippen LogP contribution in [-0.4, -0.2) is 53.2 Å². The summed E-state index contributed by atoms with van der Waals surface area (Å²) >= 11 is 0. The van der Waals surface area contributed by atoms with E-state index < -0.39 is 5.41 Å². The summed E-state index contributed by atoms with van der Waals surface area (Å²) in [5, 5.41) is 0. The first-order valence-electron chi connectivity index (χ1n) is 9.41. The van der Waals surface area contributed by atoms with Crippen molar-refractivity contribution in [2.75, 3.05) is 32.8 Å². The van der Waals surface area contributed by atoms with Crippen molar-refractivity contribution >= 4 is 29.3 Å². The van der Waals surface area contributed by atoms with Crippen molar-refractivity contribution in [3.05, 3.63) is 34.7 Å². The van der Waals surface area contributed by atoms with E-state index in [-0.39, 0.29) is 30.0 Å². The molecule has 2 aromatic rings. The average Bonchev–Trinajstić information content (AvgIpc) is 3.03. The second-order valence-corrected chi connectivity index (χ2v) is 7.44. The standard InChI is InChI=1S/C19H26N4O3.ClH/c20-13-19(7-11-26-12-8-19)17(24)22-9-5-14(6-10-22)23-16-4-2-1-3-15(16)21-18(23)25;/h1-4,14H,5-13,20H2,(H,21,25);1H. The highest BCUT2D eigenvalue weighted by molar-refractivity contribution is 5.85. The van der Waals surface area contributed by atoms with Crippen LogP contribution in [-0.2, 0) is 9.53 Å². The molecule has 2 aliphatic heterocycles. The maximum absolute atomic E-state index is 13.1. The van der Waals surface area contributed by atoms with Crippen LogP contribution in [0.4, 0.5) is 0 Å². The third-order valence-corrected chi connectivity index (χ3v) is 6.04. The number of rotatable bonds is 3. The van der Waals surface area contributed by atoms with Gasteiger partial charge in [-0.3, -0.25) is 9.36 Å². The molecule has 0 spiro atoms. The number of hydrogen-bond acceptors (Lipinski definition) is 4. The van der Waals surface area contributed by atoms with Gasteiger partial charge >= 0.3 is 5.69 Å². The van der Waals surface area contributed by atoms with E-state index in [0.29, 0.717) is 45.7 Å². The first-order valence-corrected chi connectivity index (χ1v) is 9.41. The van der Waals surface area contributed by atoms with Crippen molar-refractivity contribution in [2.24, 2.45) is 11.1 Å². The van der Waals surface area contributed by atoms with Crippen molar-refractivity contribution in [3.8, 4) is 0 Å². The molecule has 0 saturated carbocycles. The van der Waals surface area contributed by atoms with Gasteiger partial charge in [-0.15, -0.1) is 12.4 Å². The first-order chi connectivity index (χ1) is 12.6. The zero-order valence-electron chi connectivity index (χ0n) is 15.4. The summed E-state index contributed by atoms with van der Waals surface area (Å²) in [4.78, 5) is 30.3. The summed E-state index contributed by atoms with van der Waals surface area (Å²) in [7, 11) is 0. The van der Waals surface area contributed by atoms with Crippen LogP contribution in [0.5, 0.6) is 0 Å². The lowest BCUT2D eigenvalue weighted by atomic mass is 9.78. The largest absolute Gasteiger partial charge is 0.381 e. The number of hydrogen-bond donors (Lipinski definition) is 2. The summed E-state index contributed by atoms with van der Waals surface area (Å²) in [6.07, 6.45) is 2.96. The number of nitrogens with one attached hydrogen (secondary N) is 1. The number of halogens is 1. The average molecular weight is 395 g/mol. The highest BCUT2D eigenvalue weighted by Crippen LogP contribution is 2.34. The molecule has 2 saturated heterocycles. The predicted molar refractivity (Wildman–Crippen MR) is 106 cm³/mol. The van der Waals surface area contributed by atoms with Crippen LogP contribution >= 0.6 is 12.4 Å². The zero-order valence-corrected chi connectivity index (χ0v) is 16.2. The number of nitrogens with two attached hydrogens (primary N) is 1. The number of imidazole rings is 1. The van der Waals surface area contributed by atoms with Gasteiger partial charge in [0.15, 0.2) is 0 Å². The van der Waals surface area contributed by atoms with E-state index in [1.54, 1.807) is 0 Å².